The molecule has 0 spiro atoms. The van der Waals surface area contributed by atoms with Crippen LogP contribution in [0.2, 0.25) is 10.0 Å². The fraction of sp³-hybridized carbons (Fsp3) is 0.417. The summed E-state index contributed by atoms with van der Waals surface area (Å²) in [5, 5.41) is 4.41. The quantitative estimate of drug-likeness (QED) is 0.589. The van der Waals surface area contributed by atoms with Crippen LogP contribution in [0.15, 0.2) is 48.5 Å². The van der Waals surface area contributed by atoms with Crippen molar-refractivity contribution < 1.29 is 9.59 Å². The molecule has 2 aromatic rings. The van der Waals surface area contributed by atoms with Crippen LogP contribution in [-0.4, -0.2) is 28.8 Å². The van der Waals surface area contributed by atoms with E-state index in [1.54, 1.807) is 24.0 Å². The molecule has 0 aliphatic heterocycles. The summed E-state index contributed by atoms with van der Waals surface area (Å²) < 4.78 is 0. The van der Waals surface area contributed by atoms with Gasteiger partial charge in [0.1, 0.15) is 6.04 Å². The monoisotopic (exact) mass is 446 g/mol. The molecule has 0 aromatic heterocycles. The van der Waals surface area contributed by atoms with E-state index in [2.05, 4.69) is 5.32 Å². The van der Waals surface area contributed by atoms with Crippen LogP contribution < -0.4 is 5.32 Å². The van der Waals surface area contributed by atoms with Gasteiger partial charge in [-0.05, 0) is 55.5 Å². The lowest BCUT2D eigenvalue weighted by atomic mass is 10.1. The van der Waals surface area contributed by atoms with E-state index >= 15 is 0 Å². The maximum Gasteiger partial charge on any atom is 0.242 e. The van der Waals surface area contributed by atoms with Gasteiger partial charge < -0.3 is 10.2 Å². The summed E-state index contributed by atoms with van der Waals surface area (Å²) in [5.74, 6) is -0.166. The predicted octanol–water partition coefficient (Wildman–Crippen LogP) is 5.40. The number of aryl methyl sites for hydroxylation is 1. The summed E-state index contributed by atoms with van der Waals surface area (Å²) in [7, 11) is 0. The van der Waals surface area contributed by atoms with Crippen LogP contribution >= 0.6 is 23.2 Å². The molecule has 30 heavy (non-hydrogen) atoms. The van der Waals surface area contributed by atoms with Crippen molar-refractivity contribution in [1.82, 2.24) is 10.2 Å². The number of carbonyl (C=O) groups excluding carboxylic acids is 2. The Labute approximate surface area is 188 Å². The van der Waals surface area contributed by atoms with E-state index in [0.29, 0.717) is 29.4 Å². The summed E-state index contributed by atoms with van der Waals surface area (Å²) in [6, 6.07) is 14.6. The first-order valence-corrected chi connectivity index (χ1v) is 11.3. The molecule has 1 N–H and O–H groups in total. The van der Waals surface area contributed by atoms with Crippen molar-refractivity contribution in [3.63, 3.8) is 0 Å². The van der Waals surface area contributed by atoms with Crippen molar-refractivity contribution in [3.05, 3.63) is 69.7 Å². The van der Waals surface area contributed by atoms with Crippen LogP contribution in [0.5, 0.6) is 0 Å². The fourth-order valence-corrected chi connectivity index (χ4v) is 4.20. The highest BCUT2D eigenvalue weighted by atomic mass is 35.5. The van der Waals surface area contributed by atoms with Crippen molar-refractivity contribution >= 4 is 35.0 Å². The van der Waals surface area contributed by atoms with Crippen LogP contribution in [0, 0.1) is 0 Å². The number of benzene rings is 2. The minimum absolute atomic E-state index is 0.0704. The second-order valence-electron chi connectivity index (χ2n) is 7.91. The first-order chi connectivity index (χ1) is 14.4. The highest BCUT2D eigenvalue weighted by Gasteiger charge is 2.28. The predicted molar refractivity (Wildman–Crippen MR) is 122 cm³/mol. The Hall–Kier alpha value is -2.04. The van der Waals surface area contributed by atoms with Gasteiger partial charge in [0.05, 0.1) is 0 Å². The number of rotatable bonds is 8. The van der Waals surface area contributed by atoms with Crippen molar-refractivity contribution in [2.45, 2.75) is 64.1 Å². The van der Waals surface area contributed by atoms with Gasteiger partial charge >= 0.3 is 0 Å². The van der Waals surface area contributed by atoms with Crippen LogP contribution in [0.3, 0.4) is 0 Å². The van der Waals surface area contributed by atoms with Crippen LogP contribution in [-0.2, 0) is 22.6 Å². The van der Waals surface area contributed by atoms with E-state index in [9.17, 15) is 9.59 Å². The Morgan fingerprint density at radius 2 is 1.73 bits per heavy atom. The van der Waals surface area contributed by atoms with E-state index in [-0.39, 0.29) is 17.9 Å². The molecule has 1 aliphatic rings. The van der Waals surface area contributed by atoms with Gasteiger partial charge in [0.15, 0.2) is 0 Å². The lowest BCUT2D eigenvalue weighted by molar-refractivity contribution is -0.140. The van der Waals surface area contributed by atoms with Gasteiger partial charge in [0.2, 0.25) is 11.8 Å². The Bertz CT molecular complexity index is 864. The van der Waals surface area contributed by atoms with Gasteiger partial charge in [-0.1, -0.05) is 66.4 Å². The molecule has 0 heterocycles. The molecule has 0 radical (unpaired) electrons. The molecule has 1 aliphatic carbocycles. The third-order valence-electron chi connectivity index (χ3n) is 5.70. The molecular formula is C24H28Cl2N2O2. The fourth-order valence-electron chi connectivity index (χ4n) is 3.85. The molecule has 2 aromatic carbocycles. The molecule has 3 rings (SSSR count). The zero-order valence-electron chi connectivity index (χ0n) is 17.2. The molecule has 4 nitrogen and oxygen atoms in total. The SMILES string of the molecule is CC(C(=O)NC1CCCC1)N(Cc1ccc(Cl)cc1)C(=O)CCc1ccccc1Cl. The Balaban J connectivity index is 1.71. The van der Waals surface area contributed by atoms with Crippen molar-refractivity contribution in [2.24, 2.45) is 0 Å². The summed E-state index contributed by atoms with van der Waals surface area (Å²) >= 11 is 12.2. The highest BCUT2D eigenvalue weighted by Crippen LogP contribution is 2.21. The van der Waals surface area contributed by atoms with E-state index < -0.39 is 6.04 Å². The van der Waals surface area contributed by atoms with Crippen molar-refractivity contribution in [1.29, 1.82) is 0 Å². The highest BCUT2D eigenvalue weighted by molar-refractivity contribution is 6.31. The average Bonchev–Trinajstić information content (AvgIpc) is 3.25. The Morgan fingerprint density at radius 1 is 1.07 bits per heavy atom. The summed E-state index contributed by atoms with van der Waals surface area (Å²) in [6.07, 6.45) is 5.13. The lowest BCUT2D eigenvalue weighted by Gasteiger charge is -2.30. The van der Waals surface area contributed by atoms with Crippen LogP contribution in [0.4, 0.5) is 0 Å². The minimum atomic E-state index is -0.556. The largest absolute Gasteiger partial charge is 0.352 e. The third-order valence-corrected chi connectivity index (χ3v) is 6.32. The van der Waals surface area contributed by atoms with Gasteiger partial charge in [-0.3, -0.25) is 9.59 Å². The third kappa shape index (κ3) is 6.23. The van der Waals surface area contributed by atoms with E-state index in [0.717, 1.165) is 36.8 Å². The van der Waals surface area contributed by atoms with Crippen LogP contribution in [0.1, 0.15) is 50.2 Å². The van der Waals surface area contributed by atoms with Gasteiger partial charge in [-0.2, -0.15) is 0 Å². The van der Waals surface area contributed by atoms with E-state index in [4.69, 9.17) is 23.2 Å². The summed E-state index contributed by atoms with van der Waals surface area (Å²) in [5.41, 5.74) is 1.87. The molecule has 1 saturated carbocycles. The number of nitrogens with one attached hydrogen (secondary N) is 1. The van der Waals surface area contributed by atoms with Crippen molar-refractivity contribution in [2.75, 3.05) is 0 Å². The lowest BCUT2D eigenvalue weighted by Crippen LogP contribution is -2.49. The van der Waals surface area contributed by atoms with Crippen LogP contribution in [0.25, 0.3) is 0 Å². The first-order valence-electron chi connectivity index (χ1n) is 10.5. The zero-order valence-corrected chi connectivity index (χ0v) is 18.8. The van der Waals surface area contributed by atoms with Gasteiger partial charge in [0, 0.05) is 29.1 Å². The first kappa shape index (κ1) is 22.6. The average molecular weight is 447 g/mol. The molecule has 1 atom stereocenters. The Morgan fingerprint density at radius 3 is 2.40 bits per heavy atom. The number of hydrogen-bond acceptors (Lipinski definition) is 2. The van der Waals surface area contributed by atoms with E-state index in [1.165, 1.54) is 0 Å². The molecule has 1 fully saturated rings. The molecular weight excluding hydrogens is 419 g/mol. The topological polar surface area (TPSA) is 49.4 Å². The summed E-state index contributed by atoms with van der Waals surface area (Å²) in [6.45, 7) is 2.16. The van der Waals surface area contributed by atoms with Crippen molar-refractivity contribution in [3.8, 4) is 0 Å². The molecule has 6 heteroatoms. The maximum absolute atomic E-state index is 13.2. The van der Waals surface area contributed by atoms with E-state index in [1.807, 2.05) is 36.4 Å². The van der Waals surface area contributed by atoms with Gasteiger partial charge in [-0.15, -0.1) is 0 Å². The minimum Gasteiger partial charge on any atom is -0.352 e. The van der Waals surface area contributed by atoms with Gasteiger partial charge in [0.25, 0.3) is 0 Å². The van der Waals surface area contributed by atoms with Gasteiger partial charge in [-0.25, -0.2) is 0 Å². The number of halogens is 2. The maximum atomic E-state index is 13.2. The molecule has 0 bridgehead atoms. The second-order valence-corrected chi connectivity index (χ2v) is 8.75. The zero-order chi connectivity index (χ0) is 21.5. The molecule has 1 unspecified atom stereocenters. The number of nitrogens with zero attached hydrogens (tertiary/aromatic N) is 1. The number of hydrogen-bond donors (Lipinski definition) is 1. The normalized spacial score (nSPS) is 15.0. The molecule has 2 amide bonds. The Kier molecular flexibility index (Phi) is 8.17. The summed E-state index contributed by atoms with van der Waals surface area (Å²) in [4.78, 5) is 27.7. The second kappa shape index (κ2) is 10.8. The standard InChI is InChI=1S/C24H28Cl2N2O2/c1-17(24(30)27-21-7-3-4-8-21)28(16-18-10-13-20(25)14-11-18)23(29)15-12-19-6-2-5-9-22(19)26/h2,5-6,9-11,13-14,17,21H,3-4,7-8,12,15-16H2,1H3,(H,27,30). The molecule has 160 valence electrons. The number of amides is 2. The smallest absolute Gasteiger partial charge is 0.242 e. The molecule has 0 saturated heterocycles. The number of carbonyl (C=O) groups is 2.